The summed E-state index contributed by atoms with van der Waals surface area (Å²) in [6.45, 7) is 6.81. The van der Waals surface area contributed by atoms with Crippen LogP contribution in [0.15, 0.2) is 60.8 Å². The number of hydrogen-bond donors (Lipinski definition) is 2. The van der Waals surface area contributed by atoms with Crippen molar-refractivity contribution in [3.05, 3.63) is 77.6 Å². The number of nitrogens with one attached hydrogen (secondary N) is 2. The zero-order valence-electron chi connectivity index (χ0n) is 24.4. The molecule has 0 unspecified atom stereocenters. The summed E-state index contributed by atoms with van der Waals surface area (Å²) in [4.78, 5) is 42.8. The average molecular weight is 564 g/mol. The second kappa shape index (κ2) is 14.2. The van der Waals surface area contributed by atoms with E-state index in [1.165, 1.54) is 19.4 Å². The largest absolute Gasteiger partial charge is 0.497 e. The normalized spacial score (nSPS) is 12.3. The number of amides is 2. The third kappa shape index (κ3) is 7.75. The van der Waals surface area contributed by atoms with E-state index < -0.39 is 29.7 Å². The van der Waals surface area contributed by atoms with Gasteiger partial charge in [-0.1, -0.05) is 38.1 Å². The Bertz CT molecular complexity index is 1290. The summed E-state index contributed by atoms with van der Waals surface area (Å²) in [6, 6.07) is 15.5. The van der Waals surface area contributed by atoms with Crippen LogP contribution in [0.3, 0.4) is 0 Å². The van der Waals surface area contributed by atoms with E-state index in [1.807, 2.05) is 55.5 Å². The van der Waals surface area contributed by atoms with E-state index in [2.05, 4.69) is 15.6 Å². The van der Waals surface area contributed by atoms with Gasteiger partial charge in [0.25, 0.3) is 5.91 Å². The topological polar surface area (TPSA) is 125 Å². The SMILES string of the molecule is COc1ccc(C(c2ccc(OC)cc2)[C@H](C)NC(=O)[C@H](C)NC(=O)c2nccc(OC)c2OC(=O)C(C)C)cc1. The highest BCUT2D eigenvalue weighted by atomic mass is 16.6. The highest BCUT2D eigenvalue weighted by Crippen LogP contribution is 2.32. The molecular formula is C31H37N3O7. The smallest absolute Gasteiger partial charge is 0.313 e. The predicted octanol–water partition coefficient (Wildman–Crippen LogP) is 4.12. The van der Waals surface area contributed by atoms with Crippen LogP contribution in [0, 0.1) is 5.92 Å². The van der Waals surface area contributed by atoms with E-state index in [0.717, 1.165) is 22.6 Å². The molecule has 0 bridgehead atoms. The monoisotopic (exact) mass is 563 g/mol. The summed E-state index contributed by atoms with van der Waals surface area (Å²) < 4.78 is 21.3. The van der Waals surface area contributed by atoms with Crippen molar-refractivity contribution in [2.75, 3.05) is 21.3 Å². The van der Waals surface area contributed by atoms with Crippen LogP contribution in [0.1, 0.15) is 55.2 Å². The Hall–Kier alpha value is -4.60. The number of esters is 1. The van der Waals surface area contributed by atoms with Crippen LogP contribution in [0.2, 0.25) is 0 Å². The van der Waals surface area contributed by atoms with Gasteiger partial charge in [-0.3, -0.25) is 14.4 Å². The minimum absolute atomic E-state index is 0.105. The molecule has 0 aliphatic carbocycles. The van der Waals surface area contributed by atoms with Gasteiger partial charge in [0.1, 0.15) is 17.5 Å². The second-order valence-corrected chi connectivity index (χ2v) is 9.78. The van der Waals surface area contributed by atoms with Crippen LogP contribution >= 0.6 is 0 Å². The summed E-state index contributed by atoms with van der Waals surface area (Å²) >= 11 is 0. The Balaban J connectivity index is 1.80. The molecule has 10 heteroatoms. The Morgan fingerprint density at radius 3 is 1.73 bits per heavy atom. The van der Waals surface area contributed by atoms with Crippen molar-refractivity contribution < 1.29 is 33.3 Å². The van der Waals surface area contributed by atoms with Gasteiger partial charge in [0.2, 0.25) is 11.7 Å². The lowest BCUT2D eigenvalue weighted by Gasteiger charge is -2.28. The number of nitrogens with zero attached hydrogens (tertiary/aromatic N) is 1. The first-order valence-corrected chi connectivity index (χ1v) is 13.2. The van der Waals surface area contributed by atoms with Crippen LogP contribution in [0.4, 0.5) is 0 Å². The Kier molecular flexibility index (Phi) is 10.7. The molecule has 2 aromatic carbocycles. The first-order chi connectivity index (χ1) is 19.6. The summed E-state index contributed by atoms with van der Waals surface area (Å²) in [5.74, 6) is -0.771. The second-order valence-electron chi connectivity index (χ2n) is 9.78. The van der Waals surface area contributed by atoms with E-state index in [4.69, 9.17) is 18.9 Å². The number of aromatic nitrogens is 1. The molecule has 0 aliphatic rings. The number of pyridine rings is 1. The van der Waals surface area contributed by atoms with Crippen molar-refractivity contribution in [1.29, 1.82) is 0 Å². The van der Waals surface area contributed by atoms with Crippen LogP contribution < -0.4 is 29.6 Å². The zero-order chi connectivity index (χ0) is 30.1. The number of ether oxygens (including phenoxy) is 4. The Morgan fingerprint density at radius 1 is 0.732 bits per heavy atom. The van der Waals surface area contributed by atoms with Gasteiger partial charge in [-0.15, -0.1) is 0 Å². The van der Waals surface area contributed by atoms with Gasteiger partial charge in [-0.25, -0.2) is 4.98 Å². The average Bonchev–Trinajstić information content (AvgIpc) is 2.97. The zero-order valence-corrected chi connectivity index (χ0v) is 24.4. The van der Waals surface area contributed by atoms with E-state index >= 15 is 0 Å². The van der Waals surface area contributed by atoms with Crippen LogP contribution in [-0.4, -0.2) is 56.2 Å². The van der Waals surface area contributed by atoms with Crippen molar-refractivity contribution in [1.82, 2.24) is 15.6 Å². The lowest BCUT2D eigenvalue weighted by Crippen LogP contribution is -2.49. The van der Waals surface area contributed by atoms with Crippen molar-refractivity contribution in [2.45, 2.75) is 45.7 Å². The molecule has 1 heterocycles. The van der Waals surface area contributed by atoms with E-state index in [-0.39, 0.29) is 29.2 Å². The summed E-state index contributed by atoms with van der Waals surface area (Å²) in [6.07, 6.45) is 1.36. The predicted molar refractivity (Wildman–Crippen MR) is 154 cm³/mol. The van der Waals surface area contributed by atoms with E-state index in [9.17, 15) is 14.4 Å². The first-order valence-electron chi connectivity index (χ1n) is 13.2. The quantitative estimate of drug-likeness (QED) is 0.315. The minimum atomic E-state index is -0.931. The molecule has 2 amide bonds. The summed E-state index contributed by atoms with van der Waals surface area (Å²) in [5, 5.41) is 5.68. The number of carbonyl (C=O) groups excluding carboxylic acids is 3. The molecule has 0 saturated heterocycles. The molecule has 0 spiro atoms. The number of rotatable bonds is 12. The van der Waals surface area contributed by atoms with Crippen molar-refractivity contribution >= 4 is 17.8 Å². The van der Waals surface area contributed by atoms with Gasteiger partial charge in [-0.05, 0) is 49.2 Å². The summed E-state index contributed by atoms with van der Waals surface area (Å²) in [5.41, 5.74) is 1.77. The number of carbonyl (C=O) groups is 3. The molecule has 3 rings (SSSR count). The van der Waals surface area contributed by atoms with E-state index in [1.54, 1.807) is 35.0 Å². The number of hydrogen-bond acceptors (Lipinski definition) is 8. The number of benzene rings is 2. The first kappa shape index (κ1) is 30.9. The fourth-order valence-corrected chi connectivity index (χ4v) is 4.23. The van der Waals surface area contributed by atoms with Gasteiger partial charge < -0.3 is 29.6 Å². The van der Waals surface area contributed by atoms with Crippen LogP contribution in [-0.2, 0) is 9.59 Å². The van der Waals surface area contributed by atoms with Crippen LogP contribution in [0.5, 0.6) is 23.0 Å². The van der Waals surface area contributed by atoms with Gasteiger partial charge in [0.05, 0.1) is 27.2 Å². The van der Waals surface area contributed by atoms with Crippen LogP contribution in [0.25, 0.3) is 0 Å². The van der Waals surface area contributed by atoms with E-state index in [0.29, 0.717) is 0 Å². The molecule has 1 aromatic heterocycles. The molecule has 2 atom stereocenters. The lowest BCUT2D eigenvalue weighted by atomic mass is 9.85. The van der Waals surface area contributed by atoms with Crippen molar-refractivity contribution in [2.24, 2.45) is 5.92 Å². The molecule has 41 heavy (non-hydrogen) atoms. The minimum Gasteiger partial charge on any atom is -0.497 e. The molecule has 3 aromatic rings. The fraction of sp³-hybridized carbons (Fsp3) is 0.355. The molecule has 0 fully saturated rings. The molecule has 0 saturated carbocycles. The standard InChI is InChI=1S/C31H37N3O7/c1-18(2)31(37)41-28-25(40-7)16-17-32-27(28)30(36)34-20(4)29(35)33-19(3)26(21-8-12-23(38-5)13-9-21)22-10-14-24(39-6)15-11-22/h8-20,26H,1-7H3,(H,33,35)(H,34,36)/t19-,20-/m0/s1. The molecular weight excluding hydrogens is 526 g/mol. The maximum Gasteiger partial charge on any atom is 0.313 e. The van der Waals surface area contributed by atoms with Gasteiger partial charge in [0, 0.05) is 24.2 Å². The maximum absolute atomic E-state index is 13.3. The Labute approximate surface area is 240 Å². The number of methoxy groups -OCH3 is 3. The van der Waals surface area contributed by atoms with Gasteiger partial charge in [-0.2, -0.15) is 0 Å². The molecule has 10 nitrogen and oxygen atoms in total. The molecule has 218 valence electrons. The van der Waals surface area contributed by atoms with Gasteiger partial charge >= 0.3 is 5.97 Å². The lowest BCUT2D eigenvalue weighted by molar-refractivity contribution is -0.137. The van der Waals surface area contributed by atoms with Crippen molar-refractivity contribution in [3.8, 4) is 23.0 Å². The third-order valence-electron chi connectivity index (χ3n) is 6.54. The maximum atomic E-state index is 13.3. The fourth-order valence-electron chi connectivity index (χ4n) is 4.23. The third-order valence-corrected chi connectivity index (χ3v) is 6.54. The summed E-state index contributed by atoms with van der Waals surface area (Å²) in [7, 11) is 4.60. The molecule has 0 radical (unpaired) electrons. The highest BCUT2D eigenvalue weighted by Gasteiger charge is 2.28. The van der Waals surface area contributed by atoms with Gasteiger partial charge in [0.15, 0.2) is 11.4 Å². The highest BCUT2D eigenvalue weighted by molar-refractivity contribution is 5.99. The molecule has 2 N–H and O–H groups in total. The molecule has 0 aliphatic heterocycles. The van der Waals surface area contributed by atoms with Crippen molar-refractivity contribution in [3.63, 3.8) is 0 Å². The Morgan fingerprint density at radius 2 is 1.27 bits per heavy atom.